The molecule has 4 aromatic carbocycles. The van der Waals surface area contributed by atoms with Crippen molar-refractivity contribution < 1.29 is 0 Å². The van der Waals surface area contributed by atoms with Gasteiger partial charge < -0.3 is 0 Å². The molecule has 6 rings (SSSR count). The number of para-hydroxylation sites is 4. The van der Waals surface area contributed by atoms with E-state index in [-0.39, 0.29) is 0 Å². The van der Waals surface area contributed by atoms with E-state index in [9.17, 15) is 0 Å². The second-order valence-electron chi connectivity index (χ2n) is 8.81. The molecule has 0 saturated carbocycles. The summed E-state index contributed by atoms with van der Waals surface area (Å²) in [5.74, 6) is 0. The monoisotopic (exact) mass is 426 g/mol. The van der Waals surface area contributed by atoms with Crippen molar-refractivity contribution >= 4 is 43.6 Å². The van der Waals surface area contributed by atoms with Crippen molar-refractivity contribution in [2.75, 3.05) is 0 Å². The van der Waals surface area contributed by atoms with E-state index in [0.29, 0.717) is 0 Å². The standard InChI is InChI=1S/C31H26N2/c1(2-12-22-24-14-4-8-18-28(24)32-29-19-9-5-15-25(22)29)3-13-23-26-16-6-10-20-30(26)33-31-21-11-7-17-27(23)31/h4-11,14-21H,1-3,12-13H2. The summed E-state index contributed by atoms with van der Waals surface area (Å²) < 4.78 is 0. The number of hydrogen-bond acceptors (Lipinski definition) is 2. The van der Waals surface area contributed by atoms with Crippen molar-refractivity contribution in [1.29, 1.82) is 0 Å². The molecule has 0 aliphatic heterocycles. The van der Waals surface area contributed by atoms with Gasteiger partial charge in [-0.05, 0) is 61.1 Å². The van der Waals surface area contributed by atoms with E-state index in [1.54, 1.807) is 0 Å². The van der Waals surface area contributed by atoms with Crippen LogP contribution in [0.1, 0.15) is 30.4 Å². The van der Waals surface area contributed by atoms with Crippen LogP contribution in [0.15, 0.2) is 97.1 Å². The predicted octanol–water partition coefficient (Wildman–Crippen LogP) is 8.04. The van der Waals surface area contributed by atoms with Gasteiger partial charge in [-0.3, -0.25) is 0 Å². The molecule has 2 aromatic heterocycles. The molecule has 0 spiro atoms. The van der Waals surface area contributed by atoms with Crippen LogP contribution in [0.25, 0.3) is 43.6 Å². The fourth-order valence-electron chi connectivity index (χ4n) is 5.17. The van der Waals surface area contributed by atoms with E-state index in [4.69, 9.17) is 9.97 Å². The highest BCUT2D eigenvalue weighted by atomic mass is 14.7. The minimum Gasteiger partial charge on any atom is -0.248 e. The molecule has 33 heavy (non-hydrogen) atoms. The molecular formula is C31H26N2. The van der Waals surface area contributed by atoms with Gasteiger partial charge >= 0.3 is 0 Å². The van der Waals surface area contributed by atoms with Crippen molar-refractivity contribution in [3.8, 4) is 0 Å². The fourth-order valence-corrected chi connectivity index (χ4v) is 5.17. The van der Waals surface area contributed by atoms with Crippen LogP contribution in [0, 0.1) is 0 Å². The molecule has 160 valence electrons. The Morgan fingerprint density at radius 2 is 0.667 bits per heavy atom. The minimum atomic E-state index is 1.08. The number of rotatable bonds is 6. The Labute approximate surface area is 193 Å². The molecule has 2 heterocycles. The number of aromatic nitrogens is 2. The lowest BCUT2D eigenvalue weighted by molar-refractivity contribution is 0.684. The molecule has 2 nitrogen and oxygen atoms in total. The quantitative estimate of drug-likeness (QED) is 0.199. The highest BCUT2D eigenvalue weighted by Crippen LogP contribution is 2.29. The van der Waals surface area contributed by atoms with Gasteiger partial charge in [0.25, 0.3) is 0 Å². The lowest BCUT2D eigenvalue weighted by atomic mass is 9.95. The Morgan fingerprint density at radius 1 is 0.364 bits per heavy atom. The smallest absolute Gasteiger partial charge is 0.0712 e. The molecule has 0 atom stereocenters. The third-order valence-corrected chi connectivity index (χ3v) is 6.75. The van der Waals surface area contributed by atoms with Gasteiger partial charge in [-0.25, -0.2) is 9.97 Å². The number of nitrogens with zero attached hydrogens (tertiary/aromatic N) is 2. The van der Waals surface area contributed by atoms with E-state index in [1.807, 2.05) is 0 Å². The fraction of sp³-hybridized carbons (Fsp3) is 0.161. The van der Waals surface area contributed by atoms with Crippen LogP contribution >= 0.6 is 0 Å². The average Bonchev–Trinajstić information content (AvgIpc) is 2.87. The summed E-state index contributed by atoms with van der Waals surface area (Å²) in [7, 11) is 0. The maximum absolute atomic E-state index is 4.87. The molecule has 6 aromatic rings. The van der Waals surface area contributed by atoms with Crippen LogP contribution in [0.5, 0.6) is 0 Å². The summed E-state index contributed by atoms with van der Waals surface area (Å²) in [5.41, 5.74) is 7.27. The molecule has 0 aliphatic carbocycles. The first kappa shape index (κ1) is 19.9. The molecule has 0 fully saturated rings. The van der Waals surface area contributed by atoms with Gasteiger partial charge in [0.05, 0.1) is 22.1 Å². The number of fused-ring (bicyclic) bond motifs is 4. The summed E-state index contributed by atoms with van der Waals surface area (Å²) >= 11 is 0. The summed E-state index contributed by atoms with van der Waals surface area (Å²) in [5, 5.41) is 5.18. The predicted molar refractivity (Wildman–Crippen MR) is 140 cm³/mol. The molecule has 0 N–H and O–H groups in total. The molecule has 0 unspecified atom stereocenters. The highest BCUT2D eigenvalue weighted by Gasteiger charge is 2.10. The molecule has 0 radical (unpaired) electrons. The summed E-state index contributed by atoms with van der Waals surface area (Å²) in [6, 6.07) is 34.2. The topological polar surface area (TPSA) is 25.8 Å². The Bertz CT molecular complexity index is 1370. The second kappa shape index (κ2) is 8.63. The van der Waals surface area contributed by atoms with Crippen molar-refractivity contribution in [2.24, 2.45) is 0 Å². The Balaban J connectivity index is 1.24. The zero-order valence-corrected chi connectivity index (χ0v) is 18.7. The largest absolute Gasteiger partial charge is 0.248 e. The van der Waals surface area contributed by atoms with Gasteiger partial charge in [0, 0.05) is 21.5 Å². The first-order chi connectivity index (χ1) is 16.4. The number of aryl methyl sites for hydroxylation is 2. The molecule has 0 amide bonds. The second-order valence-corrected chi connectivity index (χ2v) is 8.81. The van der Waals surface area contributed by atoms with Crippen LogP contribution < -0.4 is 0 Å². The Kier molecular flexibility index (Phi) is 5.20. The van der Waals surface area contributed by atoms with Gasteiger partial charge in [-0.2, -0.15) is 0 Å². The van der Waals surface area contributed by atoms with Crippen molar-refractivity contribution in [1.82, 2.24) is 9.97 Å². The summed E-state index contributed by atoms with van der Waals surface area (Å²) in [6.45, 7) is 0. The molecule has 0 aliphatic rings. The van der Waals surface area contributed by atoms with Crippen molar-refractivity contribution in [2.45, 2.75) is 32.1 Å². The summed E-state index contributed by atoms with van der Waals surface area (Å²) in [6.07, 6.45) is 5.73. The zero-order valence-electron chi connectivity index (χ0n) is 18.7. The van der Waals surface area contributed by atoms with Crippen LogP contribution in [0.3, 0.4) is 0 Å². The van der Waals surface area contributed by atoms with Crippen LogP contribution in [-0.4, -0.2) is 9.97 Å². The van der Waals surface area contributed by atoms with E-state index >= 15 is 0 Å². The van der Waals surface area contributed by atoms with Gasteiger partial charge in [-0.1, -0.05) is 79.2 Å². The van der Waals surface area contributed by atoms with Crippen LogP contribution in [-0.2, 0) is 12.8 Å². The maximum Gasteiger partial charge on any atom is 0.0712 e. The van der Waals surface area contributed by atoms with Gasteiger partial charge in [-0.15, -0.1) is 0 Å². The number of pyridine rings is 2. The summed E-state index contributed by atoms with van der Waals surface area (Å²) in [4.78, 5) is 9.75. The van der Waals surface area contributed by atoms with Crippen LogP contribution in [0.4, 0.5) is 0 Å². The third-order valence-electron chi connectivity index (χ3n) is 6.75. The van der Waals surface area contributed by atoms with E-state index < -0.39 is 0 Å². The number of benzene rings is 4. The number of unbranched alkanes of at least 4 members (excludes halogenated alkanes) is 2. The minimum absolute atomic E-state index is 1.08. The first-order valence-corrected chi connectivity index (χ1v) is 11.9. The zero-order chi connectivity index (χ0) is 22.0. The highest BCUT2D eigenvalue weighted by molar-refractivity contribution is 5.98. The molecular weight excluding hydrogens is 400 g/mol. The molecule has 2 heteroatoms. The van der Waals surface area contributed by atoms with Crippen LogP contribution in [0.2, 0.25) is 0 Å². The van der Waals surface area contributed by atoms with Gasteiger partial charge in [0.1, 0.15) is 0 Å². The van der Waals surface area contributed by atoms with Gasteiger partial charge in [0.2, 0.25) is 0 Å². The average molecular weight is 427 g/mol. The lowest BCUT2D eigenvalue weighted by Crippen LogP contribution is -1.96. The van der Waals surface area contributed by atoms with E-state index in [0.717, 1.165) is 34.9 Å². The maximum atomic E-state index is 4.87. The van der Waals surface area contributed by atoms with E-state index in [2.05, 4.69) is 97.1 Å². The Morgan fingerprint density at radius 3 is 1.00 bits per heavy atom. The van der Waals surface area contributed by atoms with Gasteiger partial charge in [0.15, 0.2) is 0 Å². The lowest BCUT2D eigenvalue weighted by Gasteiger charge is -2.12. The third kappa shape index (κ3) is 3.72. The Hall–Kier alpha value is -3.78. The van der Waals surface area contributed by atoms with Crippen molar-refractivity contribution in [3.63, 3.8) is 0 Å². The first-order valence-electron chi connectivity index (χ1n) is 11.9. The SMILES string of the molecule is c1ccc2c(CCCCCc3c4ccccc4nc4ccccc34)c3ccccc3nc2c1. The molecule has 0 saturated heterocycles. The van der Waals surface area contributed by atoms with Crippen molar-refractivity contribution in [3.05, 3.63) is 108 Å². The normalized spacial score (nSPS) is 11.6. The van der Waals surface area contributed by atoms with E-state index in [1.165, 1.54) is 51.9 Å². The number of hydrogen-bond donors (Lipinski definition) is 0. The molecule has 0 bridgehead atoms.